The lowest BCUT2D eigenvalue weighted by atomic mass is 10.2. The molecule has 3 rings (SSSR count). The molecule has 0 unspecified atom stereocenters. The minimum absolute atomic E-state index is 0.0456. The molecule has 0 saturated carbocycles. The molecule has 0 radical (unpaired) electrons. The van der Waals surface area contributed by atoms with Crippen molar-refractivity contribution in [1.29, 1.82) is 0 Å². The van der Waals surface area contributed by atoms with E-state index in [9.17, 15) is 9.59 Å². The number of hydrogen-bond donors (Lipinski definition) is 3. The summed E-state index contributed by atoms with van der Waals surface area (Å²) in [6, 6.07) is 22.4. The average Bonchev–Trinajstić information content (AvgIpc) is 2.82. The van der Waals surface area contributed by atoms with E-state index in [1.807, 2.05) is 30.3 Å². The average molecular weight is 470 g/mol. The lowest BCUT2D eigenvalue weighted by molar-refractivity contribution is 0.0934. The van der Waals surface area contributed by atoms with E-state index in [4.69, 9.17) is 33.3 Å². The van der Waals surface area contributed by atoms with Crippen LogP contribution in [0.2, 0.25) is 5.02 Å². The van der Waals surface area contributed by atoms with Crippen molar-refractivity contribution >= 4 is 40.7 Å². The number of amides is 2. The largest absolute Gasteiger partial charge is 0.490 e. The summed E-state index contributed by atoms with van der Waals surface area (Å²) in [7, 11) is 0. The third kappa shape index (κ3) is 7.26. The van der Waals surface area contributed by atoms with Crippen LogP contribution >= 0.6 is 23.8 Å². The van der Waals surface area contributed by atoms with Crippen LogP contribution in [0.25, 0.3) is 0 Å². The van der Waals surface area contributed by atoms with E-state index < -0.39 is 11.8 Å². The number of hydrogen-bond acceptors (Lipinski definition) is 5. The van der Waals surface area contributed by atoms with Crippen LogP contribution in [0.4, 0.5) is 0 Å². The first-order chi connectivity index (χ1) is 15.5. The number of halogens is 1. The molecule has 0 fully saturated rings. The number of thiocarbonyl (C=S) groups is 1. The topological polar surface area (TPSA) is 88.7 Å². The van der Waals surface area contributed by atoms with Gasteiger partial charge in [0.25, 0.3) is 11.8 Å². The number of carbonyl (C=O) groups excluding carboxylic acids is 2. The zero-order chi connectivity index (χ0) is 22.8. The number of para-hydroxylation sites is 1. The molecule has 0 aliphatic rings. The van der Waals surface area contributed by atoms with Crippen LogP contribution in [-0.2, 0) is 0 Å². The second-order valence-corrected chi connectivity index (χ2v) is 7.25. The Balaban J connectivity index is 1.39. The molecule has 3 aromatic carbocycles. The Bertz CT molecular complexity index is 1060. The van der Waals surface area contributed by atoms with Crippen LogP contribution in [0.5, 0.6) is 11.5 Å². The molecule has 9 heteroatoms. The second-order valence-electron chi connectivity index (χ2n) is 6.40. The van der Waals surface area contributed by atoms with Gasteiger partial charge in [0.05, 0.1) is 0 Å². The number of hydrazine groups is 1. The van der Waals surface area contributed by atoms with Crippen LogP contribution in [0.1, 0.15) is 20.7 Å². The normalized spacial score (nSPS) is 10.0. The molecule has 0 bridgehead atoms. The van der Waals surface area contributed by atoms with Gasteiger partial charge >= 0.3 is 0 Å². The molecule has 7 nitrogen and oxygen atoms in total. The fraction of sp³-hybridized carbons (Fsp3) is 0.0870. The van der Waals surface area contributed by atoms with Crippen molar-refractivity contribution in [3.05, 3.63) is 95.0 Å². The van der Waals surface area contributed by atoms with Crippen LogP contribution in [0.15, 0.2) is 78.9 Å². The molecule has 0 heterocycles. The van der Waals surface area contributed by atoms with Crippen molar-refractivity contribution in [2.75, 3.05) is 13.2 Å². The summed E-state index contributed by atoms with van der Waals surface area (Å²) in [6.07, 6.45) is 0. The van der Waals surface area contributed by atoms with Crippen LogP contribution in [0, 0.1) is 0 Å². The summed E-state index contributed by atoms with van der Waals surface area (Å²) in [6.45, 7) is 0.760. The molecular weight excluding hydrogens is 450 g/mol. The maximum atomic E-state index is 12.3. The molecule has 164 valence electrons. The quantitative estimate of drug-likeness (QED) is 0.277. The number of rotatable bonds is 7. The number of nitrogens with one attached hydrogen (secondary N) is 3. The summed E-state index contributed by atoms with van der Waals surface area (Å²) in [5, 5.41) is 2.96. The van der Waals surface area contributed by atoms with Gasteiger partial charge in [0.15, 0.2) is 5.11 Å². The molecule has 3 N–H and O–H groups in total. The lowest BCUT2D eigenvalue weighted by Gasteiger charge is -2.11. The first kappa shape index (κ1) is 23.1. The molecule has 2 amide bonds. The van der Waals surface area contributed by atoms with Gasteiger partial charge in [-0.05, 0) is 72.9 Å². The molecule has 0 atom stereocenters. The highest BCUT2D eigenvalue weighted by Crippen LogP contribution is 2.13. The van der Waals surface area contributed by atoms with Crippen molar-refractivity contribution in [2.45, 2.75) is 0 Å². The first-order valence-corrected chi connectivity index (χ1v) is 10.4. The molecule has 0 aliphatic carbocycles. The Kier molecular flexibility index (Phi) is 8.42. The Morgan fingerprint density at radius 1 is 0.719 bits per heavy atom. The molecule has 32 heavy (non-hydrogen) atoms. The number of benzene rings is 3. The van der Waals surface area contributed by atoms with Crippen molar-refractivity contribution in [2.24, 2.45) is 0 Å². The highest BCUT2D eigenvalue weighted by atomic mass is 35.5. The minimum atomic E-state index is -0.429. The van der Waals surface area contributed by atoms with E-state index >= 15 is 0 Å². The van der Waals surface area contributed by atoms with Crippen molar-refractivity contribution in [1.82, 2.24) is 16.2 Å². The standard InChI is InChI=1S/C23H20ClN3O4S/c24-18-10-6-17(7-11-18)22(29)26-27-23(32)25-21(28)16-8-12-20(13-9-16)31-15-14-30-19-4-2-1-3-5-19/h1-13H,14-15H2,(H,26,29)(H2,25,27,28,32). The van der Waals surface area contributed by atoms with E-state index in [0.717, 1.165) is 5.75 Å². The highest BCUT2D eigenvalue weighted by Gasteiger charge is 2.10. The zero-order valence-electron chi connectivity index (χ0n) is 16.8. The van der Waals surface area contributed by atoms with Crippen molar-refractivity contribution in [3.63, 3.8) is 0 Å². The Morgan fingerprint density at radius 2 is 1.25 bits per heavy atom. The van der Waals surface area contributed by atoms with Gasteiger partial charge in [0, 0.05) is 16.1 Å². The predicted molar refractivity (Wildman–Crippen MR) is 126 cm³/mol. The van der Waals surface area contributed by atoms with E-state index in [1.54, 1.807) is 48.5 Å². The third-order valence-electron chi connectivity index (χ3n) is 4.10. The van der Waals surface area contributed by atoms with Crippen molar-refractivity contribution < 1.29 is 19.1 Å². The van der Waals surface area contributed by atoms with Crippen LogP contribution in [-0.4, -0.2) is 30.1 Å². The van der Waals surface area contributed by atoms with E-state index in [0.29, 0.717) is 35.1 Å². The summed E-state index contributed by atoms with van der Waals surface area (Å²) >= 11 is 10.8. The first-order valence-electron chi connectivity index (χ1n) is 9.59. The van der Waals surface area contributed by atoms with Crippen LogP contribution in [0.3, 0.4) is 0 Å². The van der Waals surface area contributed by atoms with Gasteiger partial charge in [0.1, 0.15) is 24.7 Å². The molecule has 0 aromatic heterocycles. The summed E-state index contributed by atoms with van der Waals surface area (Å²) < 4.78 is 11.2. The summed E-state index contributed by atoms with van der Waals surface area (Å²) in [4.78, 5) is 24.3. The van der Waals surface area contributed by atoms with E-state index in [2.05, 4.69) is 16.2 Å². The van der Waals surface area contributed by atoms with E-state index in [-0.39, 0.29) is 5.11 Å². The molecule has 0 saturated heterocycles. The third-order valence-corrected chi connectivity index (χ3v) is 4.56. The van der Waals surface area contributed by atoms with E-state index in [1.165, 1.54) is 0 Å². The number of ether oxygens (including phenoxy) is 2. The van der Waals surface area contributed by atoms with Gasteiger partial charge in [-0.15, -0.1) is 0 Å². The maximum Gasteiger partial charge on any atom is 0.269 e. The Labute approximate surface area is 195 Å². The van der Waals surface area contributed by atoms with Gasteiger partial charge in [-0.25, -0.2) is 0 Å². The van der Waals surface area contributed by atoms with Gasteiger partial charge in [-0.2, -0.15) is 0 Å². The van der Waals surface area contributed by atoms with Gasteiger partial charge < -0.3 is 9.47 Å². The highest BCUT2D eigenvalue weighted by molar-refractivity contribution is 7.80. The molecule has 0 aliphatic heterocycles. The summed E-state index contributed by atoms with van der Waals surface area (Å²) in [5.74, 6) is 0.532. The molecule has 0 spiro atoms. The SMILES string of the molecule is O=C(NNC(=S)NC(=O)c1ccc(OCCOc2ccccc2)cc1)c1ccc(Cl)cc1. The van der Waals surface area contributed by atoms with Gasteiger partial charge in [0.2, 0.25) is 0 Å². The Hall–Kier alpha value is -3.62. The zero-order valence-corrected chi connectivity index (χ0v) is 18.4. The smallest absolute Gasteiger partial charge is 0.269 e. The maximum absolute atomic E-state index is 12.3. The fourth-order valence-electron chi connectivity index (χ4n) is 2.53. The fourth-order valence-corrected chi connectivity index (χ4v) is 2.80. The predicted octanol–water partition coefficient (Wildman–Crippen LogP) is 3.75. The van der Waals surface area contributed by atoms with Gasteiger partial charge in [-0.1, -0.05) is 29.8 Å². The van der Waals surface area contributed by atoms with Crippen LogP contribution < -0.4 is 25.6 Å². The Morgan fingerprint density at radius 3 is 1.88 bits per heavy atom. The molecule has 3 aromatic rings. The molecular formula is C23H20ClN3O4S. The second kappa shape index (κ2) is 11.7. The van der Waals surface area contributed by atoms with Gasteiger partial charge in [-0.3, -0.25) is 25.8 Å². The lowest BCUT2D eigenvalue weighted by Crippen LogP contribution is -2.48. The monoisotopic (exact) mass is 469 g/mol. The minimum Gasteiger partial charge on any atom is -0.490 e. The number of carbonyl (C=O) groups is 2. The van der Waals surface area contributed by atoms with Crippen molar-refractivity contribution in [3.8, 4) is 11.5 Å². The summed E-state index contributed by atoms with van der Waals surface area (Å²) in [5.41, 5.74) is 5.66.